The number of hydrogen-bond donors (Lipinski definition) is 1. The van der Waals surface area contributed by atoms with Crippen LogP contribution in [-0.2, 0) is 22.3 Å². The fourth-order valence-electron chi connectivity index (χ4n) is 11.6. The van der Waals surface area contributed by atoms with Gasteiger partial charge in [-0.25, -0.2) is 0 Å². The van der Waals surface area contributed by atoms with Crippen molar-refractivity contribution in [2.75, 3.05) is 0 Å². The van der Waals surface area contributed by atoms with Crippen molar-refractivity contribution in [1.29, 1.82) is 0 Å². The summed E-state index contributed by atoms with van der Waals surface area (Å²) in [5.41, 5.74) is 1.33. The highest BCUT2D eigenvalue weighted by molar-refractivity contribution is 5.76. The molecule has 4 saturated carbocycles. The lowest BCUT2D eigenvalue weighted by Crippen LogP contribution is -2.64. The Hall–Kier alpha value is -1.82. The topological polar surface area (TPSA) is 46.5 Å². The molecule has 0 radical (unpaired) electrons. The van der Waals surface area contributed by atoms with E-state index in [0.29, 0.717) is 23.3 Å². The molecule has 6 rings (SSSR count). The van der Waals surface area contributed by atoms with Gasteiger partial charge in [0.25, 0.3) is 0 Å². The number of ether oxygens (including phenoxy) is 1. The van der Waals surface area contributed by atoms with Crippen LogP contribution in [0.5, 0.6) is 0 Å². The first-order valence-corrected chi connectivity index (χ1v) is 17.0. The second-order valence-corrected chi connectivity index (χ2v) is 17.4. The number of esters is 1. The number of fused-ring (bicyclic) bond motifs is 7. The molecule has 244 valence electrons. The van der Waals surface area contributed by atoms with Crippen LogP contribution in [0.1, 0.15) is 124 Å². The normalized spacial score (nSPS) is 44.8. The number of carbonyl (C=O) groups is 1. The van der Waals surface area contributed by atoms with Crippen LogP contribution in [0.15, 0.2) is 35.9 Å². The summed E-state index contributed by atoms with van der Waals surface area (Å²) in [5, 5.41) is 11.0. The van der Waals surface area contributed by atoms with Crippen LogP contribution in [0.2, 0.25) is 0 Å². The van der Waals surface area contributed by atoms with Gasteiger partial charge in [-0.1, -0.05) is 65.3 Å². The summed E-state index contributed by atoms with van der Waals surface area (Å²) in [6.07, 6.45) is 8.21. The van der Waals surface area contributed by atoms with E-state index in [9.17, 15) is 23.1 Å². The van der Waals surface area contributed by atoms with Crippen molar-refractivity contribution < 1.29 is 27.8 Å². The quantitative estimate of drug-likeness (QED) is 0.272. The van der Waals surface area contributed by atoms with Crippen molar-refractivity contribution in [3.05, 3.63) is 47.0 Å². The summed E-state index contributed by atoms with van der Waals surface area (Å²) in [5.74, 6) is 1.17. The van der Waals surface area contributed by atoms with Crippen LogP contribution in [0.3, 0.4) is 0 Å². The van der Waals surface area contributed by atoms with E-state index >= 15 is 0 Å². The van der Waals surface area contributed by atoms with Crippen molar-refractivity contribution >= 4 is 5.97 Å². The molecule has 0 unspecified atom stereocenters. The first-order valence-electron chi connectivity index (χ1n) is 17.0. The number of aliphatic hydroxyl groups is 1. The van der Waals surface area contributed by atoms with Gasteiger partial charge in [-0.2, -0.15) is 13.2 Å². The summed E-state index contributed by atoms with van der Waals surface area (Å²) in [6.45, 7) is 16.7. The average Bonchev–Trinajstić information content (AvgIpc) is 2.95. The molecule has 0 heterocycles. The fraction of sp³-hybridized carbons (Fsp3) is 0.763. The molecule has 0 saturated heterocycles. The molecular weight excluding hydrogens is 561 g/mol. The minimum atomic E-state index is -4.39. The molecule has 1 aromatic rings. The lowest BCUT2D eigenvalue weighted by Gasteiger charge is -2.71. The van der Waals surface area contributed by atoms with Gasteiger partial charge in [0.05, 0.1) is 17.1 Å². The average molecular weight is 615 g/mol. The van der Waals surface area contributed by atoms with E-state index in [1.165, 1.54) is 25.0 Å². The van der Waals surface area contributed by atoms with E-state index in [2.05, 4.69) is 47.6 Å². The van der Waals surface area contributed by atoms with Gasteiger partial charge >= 0.3 is 12.1 Å². The summed E-state index contributed by atoms with van der Waals surface area (Å²) in [7, 11) is 0. The summed E-state index contributed by atoms with van der Waals surface area (Å²) in [6, 6.07) is 4.90. The molecule has 44 heavy (non-hydrogen) atoms. The van der Waals surface area contributed by atoms with E-state index < -0.39 is 17.2 Å². The third kappa shape index (κ3) is 4.57. The molecule has 9 atom stereocenters. The van der Waals surface area contributed by atoms with Gasteiger partial charge in [-0.3, -0.25) is 4.79 Å². The van der Waals surface area contributed by atoms with Gasteiger partial charge in [0.2, 0.25) is 0 Å². The maximum absolute atomic E-state index is 13.7. The summed E-state index contributed by atoms with van der Waals surface area (Å²) >= 11 is 0. The van der Waals surface area contributed by atoms with Crippen molar-refractivity contribution in [2.45, 2.75) is 132 Å². The van der Waals surface area contributed by atoms with E-state index in [-0.39, 0.29) is 45.8 Å². The van der Waals surface area contributed by atoms with Crippen LogP contribution in [0.4, 0.5) is 13.2 Å². The third-order valence-corrected chi connectivity index (χ3v) is 15.0. The highest BCUT2D eigenvalue weighted by Gasteiger charge is 2.68. The Morgan fingerprint density at radius 2 is 1.55 bits per heavy atom. The standard InChI is InChI=1S/C38H53F3O3/c1-32(2)28-14-17-37(7)29(35(28,5)16-15-30(32)42)13-12-26-27-22-34(4,19-18-33(27,3)20-21-36(26,37)6)31(43)44-23-24-8-10-25(11-9-24)38(39,40)41/h8-12,27-30,42H,13-23H2,1-7H3/t27-,28-,29+,30-,33+,34-,35-,36+,37+/m0/s1. The highest BCUT2D eigenvalue weighted by Crippen LogP contribution is 2.75. The number of alkyl halides is 3. The van der Waals surface area contributed by atoms with Crippen molar-refractivity contribution in [3.8, 4) is 0 Å². The van der Waals surface area contributed by atoms with Gasteiger partial charge in [-0.05, 0) is 134 Å². The number of carbonyl (C=O) groups excluding carboxylic acids is 1. The molecule has 1 aromatic carbocycles. The molecule has 5 aliphatic rings. The smallest absolute Gasteiger partial charge is 0.416 e. The number of hydrogen-bond acceptors (Lipinski definition) is 3. The fourth-order valence-corrected chi connectivity index (χ4v) is 11.6. The Kier molecular flexibility index (Phi) is 7.37. The largest absolute Gasteiger partial charge is 0.460 e. The molecule has 1 N–H and O–H groups in total. The van der Waals surface area contributed by atoms with Crippen LogP contribution < -0.4 is 0 Å². The molecule has 4 fully saturated rings. The Labute approximate surface area is 262 Å². The monoisotopic (exact) mass is 614 g/mol. The number of rotatable bonds is 3. The SMILES string of the molecule is CC1(C)[C@@H](O)CC[C@]2(C)[C@H]3CC=C4[C@@H]5C[C@@](C)(C(=O)OCc6ccc(C(F)(F)F)cc6)CC[C@]5(C)CC[C@@]4(C)[C@]3(C)CC[C@@H]12. The lowest BCUT2D eigenvalue weighted by atomic mass is 9.33. The minimum Gasteiger partial charge on any atom is -0.460 e. The van der Waals surface area contributed by atoms with Crippen LogP contribution in [0, 0.1) is 50.2 Å². The predicted molar refractivity (Wildman–Crippen MR) is 166 cm³/mol. The maximum atomic E-state index is 13.7. The molecule has 0 spiro atoms. The summed E-state index contributed by atoms with van der Waals surface area (Å²) in [4.78, 5) is 13.7. The lowest BCUT2D eigenvalue weighted by molar-refractivity contribution is -0.203. The number of allylic oxidation sites excluding steroid dienone is 2. The molecule has 0 aliphatic heterocycles. The number of benzene rings is 1. The molecule has 0 bridgehead atoms. The maximum Gasteiger partial charge on any atom is 0.416 e. The van der Waals surface area contributed by atoms with Crippen LogP contribution in [-0.4, -0.2) is 17.2 Å². The number of halogens is 3. The molecule has 5 aliphatic carbocycles. The second-order valence-electron chi connectivity index (χ2n) is 17.4. The molecule has 3 nitrogen and oxygen atoms in total. The molecular formula is C38H53F3O3. The van der Waals surface area contributed by atoms with Gasteiger partial charge in [-0.15, -0.1) is 0 Å². The van der Waals surface area contributed by atoms with Gasteiger partial charge in [0.15, 0.2) is 0 Å². The third-order valence-electron chi connectivity index (χ3n) is 15.0. The Balaban J connectivity index is 1.25. The molecule has 0 aromatic heterocycles. The predicted octanol–water partition coefficient (Wildman–Crippen LogP) is 9.91. The Morgan fingerprint density at radius 3 is 2.20 bits per heavy atom. The minimum absolute atomic E-state index is 0.0144. The Morgan fingerprint density at radius 1 is 0.886 bits per heavy atom. The van der Waals surface area contributed by atoms with Crippen LogP contribution in [0.25, 0.3) is 0 Å². The second kappa shape index (κ2) is 10.1. The molecule has 6 heteroatoms. The first-order chi connectivity index (χ1) is 20.3. The van der Waals surface area contributed by atoms with Gasteiger partial charge in [0, 0.05) is 0 Å². The number of aliphatic hydroxyl groups excluding tert-OH is 1. The van der Waals surface area contributed by atoms with Crippen molar-refractivity contribution in [1.82, 2.24) is 0 Å². The van der Waals surface area contributed by atoms with E-state index in [1.807, 2.05) is 6.92 Å². The zero-order valence-corrected chi connectivity index (χ0v) is 27.9. The highest BCUT2D eigenvalue weighted by atomic mass is 19.4. The zero-order chi connectivity index (χ0) is 32.1. The van der Waals surface area contributed by atoms with E-state index in [4.69, 9.17) is 4.74 Å². The summed E-state index contributed by atoms with van der Waals surface area (Å²) < 4.78 is 44.8. The van der Waals surface area contributed by atoms with E-state index in [1.54, 1.807) is 5.57 Å². The van der Waals surface area contributed by atoms with Gasteiger partial charge in [0.1, 0.15) is 6.61 Å². The van der Waals surface area contributed by atoms with Crippen molar-refractivity contribution in [3.63, 3.8) is 0 Å². The Bertz CT molecular complexity index is 1330. The van der Waals surface area contributed by atoms with Crippen molar-refractivity contribution in [2.24, 2.45) is 50.2 Å². The zero-order valence-electron chi connectivity index (χ0n) is 27.9. The van der Waals surface area contributed by atoms with Gasteiger partial charge < -0.3 is 9.84 Å². The van der Waals surface area contributed by atoms with E-state index in [0.717, 1.165) is 63.5 Å². The molecule has 0 amide bonds. The van der Waals surface area contributed by atoms with Crippen LogP contribution >= 0.6 is 0 Å². The first kappa shape index (κ1) is 32.1.